The smallest absolute Gasteiger partial charge is 0.387 e. The van der Waals surface area contributed by atoms with Crippen LogP contribution in [0.1, 0.15) is 28.4 Å². The molecule has 0 N–H and O–H groups in total. The highest BCUT2D eigenvalue weighted by atomic mass is 19.3. The van der Waals surface area contributed by atoms with E-state index in [9.17, 15) is 13.6 Å². The van der Waals surface area contributed by atoms with Crippen LogP contribution < -0.4 is 4.74 Å². The molecule has 1 aromatic rings. The molecule has 16 heavy (non-hydrogen) atoms. The van der Waals surface area contributed by atoms with Crippen molar-refractivity contribution in [2.75, 3.05) is 0 Å². The number of carbonyl (C=O) groups is 1. The van der Waals surface area contributed by atoms with Gasteiger partial charge in [-0.05, 0) is 25.5 Å². The van der Waals surface area contributed by atoms with Crippen molar-refractivity contribution in [1.29, 1.82) is 5.26 Å². The van der Waals surface area contributed by atoms with Crippen LogP contribution in [0.2, 0.25) is 0 Å². The third-order valence-corrected chi connectivity index (χ3v) is 2.05. The standard InChI is InChI=1S/C11H9F2NO2/c1-6-3-4-8(7(2)15)9(5-14)10(6)16-11(12)13/h3-4,11H,1-2H3. The molecule has 0 spiro atoms. The van der Waals surface area contributed by atoms with Crippen LogP contribution in [-0.2, 0) is 0 Å². The van der Waals surface area contributed by atoms with Crippen LogP contribution in [0.4, 0.5) is 8.78 Å². The molecule has 0 bridgehead atoms. The van der Waals surface area contributed by atoms with E-state index < -0.39 is 6.61 Å². The number of hydrogen-bond acceptors (Lipinski definition) is 3. The highest BCUT2D eigenvalue weighted by Gasteiger charge is 2.18. The Balaban J connectivity index is 3.40. The van der Waals surface area contributed by atoms with Crippen molar-refractivity contribution in [2.45, 2.75) is 20.5 Å². The number of Topliss-reactive ketones (excluding diaryl/α,β-unsaturated/α-hetero) is 1. The van der Waals surface area contributed by atoms with E-state index in [2.05, 4.69) is 4.74 Å². The van der Waals surface area contributed by atoms with Gasteiger partial charge in [-0.15, -0.1) is 0 Å². The number of halogens is 2. The minimum atomic E-state index is -3.02. The van der Waals surface area contributed by atoms with E-state index in [0.29, 0.717) is 5.56 Å². The van der Waals surface area contributed by atoms with Gasteiger partial charge >= 0.3 is 6.61 Å². The summed E-state index contributed by atoms with van der Waals surface area (Å²) in [4.78, 5) is 11.2. The fourth-order valence-corrected chi connectivity index (χ4v) is 1.33. The lowest BCUT2D eigenvalue weighted by Gasteiger charge is -2.11. The molecule has 0 heterocycles. The maximum Gasteiger partial charge on any atom is 0.387 e. The minimum absolute atomic E-state index is 0.0868. The third-order valence-electron chi connectivity index (χ3n) is 2.05. The molecule has 3 nitrogen and oxygen atoms in total. The molecule has 0 atom stereocenters. The van der Waals surface area contributed by atoms with Gasteiger partial charge in [-0.25, -0.2) is 0 Å². The molecule has 0 unspecified atom stereocenters. The van der Waals surface area contributed by atoms with Gasteiger partial charge in [0.05, 0.1) is 0 Å². The average molecular weight is 225 g/mol. The average Bonchev–Trinajstić information content (AvgIpc) is 2.19. The summed E-state index contributed by atoms with van der Waals surface area (Å²) in [7, 11) is 0. The molecule has 0 aromatic heterocycles. The second-order valence-corrected chi connectivity index (χ2v) is 3.18. The zero-order valence-corrected chi connectivity index (χ0v) is 8.75. The number of ether oxygens (including phenoxy) is 1. The van der Waals surface area contributed by atoms with Gasteiger partial charge in [0.2, 0.25) is 0 Å². The van der Waals surface area contributed by atoms with Crippen molar-refractivity contribution >= 4 is 5.78 Å². The summed E-state index contributed by atoms with van der Waals surface area (Å²) in [6.45, 7) is -0.229. The Hall–Kier alpha value is -1.96. The van der Waals surface area contributed by atoms with Crippen LogP contribution in [0.5, 0.6) is 5.75 Å². The zero-order valence-electron chi connectivity index (χ0n) is 8.75. The highest BCUT2D eigenvalue weighted by Crippen LogP contribution is 2.28. The van der Waals surface area contributed by atoms with Gasteiger partial charge in [0, 0.05) is 5.56 Å². The van der Waals surface area contributed by atoms with E-state index in [1.54, 1.807) is 6.07 Å². The second-order valence-electron chi connectivity index (χ2n) is 3.18. The molecule has 5 heteroatoms. The first-order valence-electron chi connectivity index (χ1n) is 4.46. The van der Waals surface area contributed by atoms with E-state index in [1.807, 2.05) is 0 Å². The summed E-state index contributed by atoms with van der Waals surface area (Å²) in [6, 6.07) is 4.61. The number of carbonyl (C=O) groups excluding carboxylic acids is 1. The lowest BCUT2D eigenvalue weighted by Crippen LogP contribution is -2.08. The predicted octanol–water partition coefficient (Wildman–Crippen LogP) is 2.67. The quantitative estimate of drug-likeness (QED) is 0.743. The molecular weight excluding hydrogens is 216 g/mol. The number of hydrogen-bond donors (Lipinski definition) is 0. The molecule has 0 amide bonds. The summed E-state index contributed by atoms with van der Waals surface area (Å²) in [5, 5.41) is 8.86. The fraction of sp³-hybridized carbons (Fsp3) is 0.273. The number of alkyl halides is 2. The van der Waals surface area contributed by atoms with E-state index in [1.165, 1.54) is 26.0 Å². The molecule has 0 aliphatic rings. The summed E-state index contributed by atoms with van der Waals surface area (Å²) >= 11 is 0. The summed E-state index contributed by atoms with van der Waals surface area (Å²) < 4.78 is 28.5. The van der Waals surface area contributed by atoms with Gasteiger partial charge < -0.3 is 4.74 Å². The van der Waals surface area contributed by atoms with E-state index in [0.717, 1.165) is 0 Å². The number of nitrogens with zero attached hydrogens (tertiary/aromatic N) is 1. The first-order valence-corrected chi connectivity index (χ1v) is 4.46. The Morgan fingerprint density at radius 2 is 2.12 bits per heavy atom. The summed E-state index contributed by atoms with van der Waals surface area (Å²) in [6.07, 6.45) is 0. The largest absolute Gasteiger partial charge is 0.433 e. The van der Waals surface area contributed by atoms with Crippen molar-refractivity contribution in [1.82, 2.24) is 0 Å². The Kier molecular flexibility index (Phi) is 3.56. The van der Waals surface area contributed by atoms with Crippen molar-refractivity contribution < 1.29 is 18.3 Å². The highest BCUT2D eigenvalue weighted by molar-refractivity contribution is 5.97. The summed E-state index contributed by atoms with van der Waals surface area (Å²) in [5.41, 5.74) is 0.332. The number of aryl methyl sites for hydroxylation is 1. The van der Waals surface area contributed by atoms with E-state index in [-0.39, 0.29) is 22.7 Å². The minimum Gasteiger partial charge on any atom is -0.433 e. The normalized spacial score (nSPS) is 10.0. The van der Waals surface area contributed by atoms with E-state index in [4.69, 9.17) is 5.26 Å². The van der Waals surface area contributed by atoms with Crippen LogP contribution >= 0.6 is 0 Å². The van der Waals surface area contributed by atoms with Gasteiger partial charge in [0.15, 0.2) is 5.78 Å². The van der Waals surface area contributed by atoms with Crippen molar-refractivity contribution in [3.8, 4) is 11.8 Å². The van der Waals surface area contributed by atoms with Gasteiger partial charge in [-0.3, -0.25) is 4.79 Å². The molecule has 0 aliphatic carbocycles. The maximum atomic E-state index is 12.1. The van der Waals surface area contributed by atoms with Gasteiger partial charge in [-0.2, -0.15) is 14.0 Å². The van der Waals surface area contributed by atoms with Crippen molar-refractivity contribution in [2.24, 2.45) is 0 Å². The topological polar surface area (TPSA) is 50.1 Å². The van der Waals surface area contributed by atoms with Crippen LogP contribution in [0.25, 0.3) is 0 Å². The van der Waals surface area contributed by atoms with E-state index >= 15 is 0 Å². The van der Waals surface area contributed by atoms with Crippen molar-refractivity contribution in [3.05, 3.63) is 28.8 Å². The van der Waals surface area contributed by atoms with Crippen LogP contribution in [0, 0.1) is 18.3 Å². The first-order chi connectivity index (χ1) is 7.47. The van der Waals surface area contributed by atoms with Crippen LogP contribution in [0.3, 0.4) is 0 Å². The van der Waals surface area contributed by atoms with Crippen LogP contribution in [0.15, 0.2) is 12.1 Å². The zero-order chi connectivity index (χ0) is 12.3. The Bertz CT molecular complexity index is 464. The lowest BCUT2D eigenvalue weighted by atomic mass is 10.0. The molecule has 0 saturated carbocycles. The van der Waals surface area contributed by atoms with Crippen molar-refractivity contribution in [3.63, 3.8) is 0 Å². The summed E-state index contributed by atoms with van der Waals surface area (Å²) in [5.74, 6) is -0.596. The van der Waals surface area contributed by atoms with Gasteiger partial charge in [0.25, 0.3) is 0 Å². The number of nitriles is 1. The lowest BCUT2D eigenvalue weighted by molar-refractivity contribution is -0.0505. The molecule has 0 radical (unpaired) electrons. The molecule has 1 aromatic carbocycles. The SMILES string of the molecule is CC(=O)c1ccc(C)c(OC(F)F)c1C#N. The maximum absolute atomic E-state index is 12.1. The predicted molar refractivity (Wildman–Crippen MR) is 52.5 cm³/mol. The number of rotatable bonds is 3. The molecule has 0 aliphatic heterocycles. The second kappa shape index (κ2) is 4.71. The molecular formula is C11H9F2NO2. The molecule has 1 rings (SSSR count). The Labute approximate surface area is 91.3 Å². The number of benzene rings is 1. The Morgan fingerprint density at radius 1 is 1.50 bits per heavy atom. The van der Waals surface area contributed by atoms with Gasteiger partial charge in [-0.1, -0.05) is 6.07 Å². The monoisotopic (exact) mass is 225 g/mol. The molecule has 0 fully saturated rings. The molecule has 0 saturated heterocycles. The van der Waals surface area contributed by atoms with Gasteiger partial charge in [0.1, 0.15) is 17.4 Å². The molecule has 84 valence electrons. The Morgan fingerprint density at radius 3 is 2.56 bits per heavy atom. The first kappa shape index (κ1) is 12.1. The van der Waals surface area contributed by atoms with Crippen LogP contribution in [-0.4, -0.2) is 12.4 Å². The number of ketones is 1. The third kappa shape index (κ3) is 2.34. The fourth-order valence-electron chi connectivity index (χ4n) is 1.33.